The lowest BCUT2D eigenvalue weighted by atomic mass is 10.2. The highest BCUT2D eigenvalue weighted by atomic mass is 16.2. The van der Waals surface area contributed by atoms with Crippen molar-refractivity contribution in [2.45, 2.75) is 39.5 Å². The number of imide groups is 1. The Morgan fingerprint density at radius 2 is 1.61 bits per heavy atom. The monoisotopic (exact) mass is 394 g/mol. The molecule has 1 N–H and O–H groups in total. The first-order valence-corrected chi connectivity index (χ1v) is 9.62. The molecule has 1 aliphatic rings. The minimum absolute atomic E-state index is 0.0217. The highest BCUT2D eigenvalue weighted by molar-refractivity contribution is 6.12. The van der Waals surface area contributed by atoms with E-state index in [2.05, 4.69) is 5.32 Å². The summed E-state index contributed by atoms with van der Waals surface area (Å²) in [6.45, 7) is 5.46. The van der Waals surface area contributed by atoms with Crippen LogP contribution in [0.2, 0.25) is 0 Å². The summed E-state index contributed by atoms with van der Waals surface area (Å²) >= 11 is 0. The van der Waals surface area contributed by atoms with Crippen molar-refractivity contribution in [1.82, 2.24) is 20.0 Å². The molecule has 0 aromatic carbocycles. The molecule has 0 aliphatic carbocycles. The van der Waals surface area contributed by atoms with Gasteiger partial charge in [-0.15, -0.1) is 0 Å². The second kappa shape index (κ2) is 11.9. The van der Waals surface area contributed by atoms with Gasteiger partial charge >= 0.3 is 0 Å². The van der Waals surface area contributed by atoms with E-state index in [1.165, 1.54) is 12.2 Å². The third-order valence-electron chi connectivity index (χ3n) is 4.40. The van der Waals surface area contributed by atoms with Gasteiger partial charge in [-0.1, -0.05) is 13.8 Å². The summed E-state index contributed by atoms with van der Waals surface area (Å²) < 4.78 is 0. The van der Waals surface area contributed by atoms with Crippen LogP contribution in [-0.4, -0.2) is 84.0 Å². The summed E-state index contributed by atoms with van der Waals surface area (Å²) in [5.41, 5.74) is 0. The lowest BCUT2D eigenvalue weighted by molar-refractivity contribution is -0.137. The molecule has 0 radical (unpaired) electrons. The van der Waals surface area contributed by atoms with Gasteiger partial charge in [0.2, 0.25) is 17.7 Å². The van der Waals surface area contributed by atoms with Crippen molar-refractivity contribution in [2.24, 2.45) is 0 Å². The molecule has 0 saturated carbocycles. The van der Waals surface area contributed by atoms with Crippen molar-refractivity contribution in [2.75, 3.05) is 39.8 Å². The van der Waals surface area contributed by atoms with Crippen LogP contribution in [0, 0.1) is 0 Å². The van der Waals surface area contributed by atoms with Gasteiger partial charge in [-0.2, -0.15) is 0 Å². The number of nitrogens with zero attached hydrogens (tertiary/aromatic N) is 3. The van der Waals surface area contributed by atoms with Crippen LogP contribution >= 0.6 is 0 Å². The first-order valence-electron chi connectivity index (χ1n) is 9.62. The van der Waals surface area contributed by atoms with E-state index in [-0.39, 0.29) is 43.7 Å². The number of amides is 5. The van der Waals surface area contributed by atoms with E-state index < -0.39 is 11.8 Å². The Labute approximate surface area is 165 Å². The van der Waals surface area contributed by atoms with Crippen molar-refractivity contribution in [3.8, 4) is 0 Å². The van der Waals surface area contributed by atoms with Gasteiger partial charge in [0.05, 0.1) is 0 Å². The Balaban J connectivity index is 2.33. The minimum Gasteiger partial charge on any atom is -0.354 e. The maximum atomic E-state index is 12.4. The number of hydrogen-bond acceptors (Lipinski definition) is 5. The van der Waals surface area contributed by atoms with Gasteiger partial charge in [0.1, 0.15) is 0 Å². The molecule has 0 fully saturated rings. The molecular formula is C19H30N4O5. The van der Waals surface area contributed by atoms with Crippen LogP contribution in [0.3, 0.4) is 0 Å². The van der Waals surface area contributed by atoms with Crippen LogP contribution in [0.15, 0.2) is 12.2 Å². The maximum absolute atomic E-state index is 12.4. The lowest BCUT2D eigenvalue weighted by Crippen LogP contribution is -2.40. The number of carbonyl (C=O) groups excluding carboxylic acids is 5. The highest BCUT2D eigenvalue weighted by Gasteiger charge is 2.22. The van der Waals surface area contributed by atoms with Crippen molar-refractivity contribution >= 4 is 29.5 Å². The van der Waals surface area contributed by atoms with E-state index in [4.69, 9.17) is 0 Å². The Kier molecular flexibility index (Phi) is 9.91. The van der Waals surface area contributed by atoms with Crippen molar-refractivity contribution in [1.29, 1.82) is 0 Å². The van der Waals surface area contributed by atoms with Crippen LogP contribution in [0.1, 0.15) is 39.5 Å². The zero-order valence-corrected chi connectivity index (χ0v) is 16.9. The Hall–Kier alpha value is -2.71. The molecule has 1 rings (SSSR count). The third-order valence-corrected chi connectivity index (χ3v) is 4.40. The minimum atomic E-state index is -0.392. The average molecular weight is 394 g/mol. The van der Waals surface area contributed by atoms with Crippen LogP contribution < -0.4 is 5.32 Å². The topological polar surface area (TPSA) is 107 Å². The van der Waals surface area contributed by atoms with E-state index in [1.807, 2.05) is 6.92 Å². The number of hydrogen-bond donors (Lipinski definition) is 1. The average Bonchev–Trinajstić information content (AvgIpc) is 3.00. The largest absolute Gasteiger partial charge is 0.354 e. The van der Waals surface area contributed by atoms with Crippen molar-refractivity contribution in [3.63, 3.8) is 0 Å². The van der Waals surface area contributed by atoms with Crippen LogP contribution in [0.25, 0.3) is 0 Å². The second-order valence-corrected chi connectivity index (χ2v) is 6.56. The molecule has 0 aromatic rings. The molecule has 9 heteroatoms. The summed E-state index contributed by atoms with van der Waals surface area (Å²) in [6.07, 6.45) is 3.69. The Bertz CT molecular complexity index is 614. The van der Waals surface area contributed by atoms with E-state index in [9.17, 15) is 24.0 Å². The molecule has 0 spiro atoms. The first-order chi connectivity index (χ1) is 13.3. The number of nitrogens with one attached hydrogen (secondary N) is 1. The number of likely N-dealkylation sites (N-methyl/N-ethyl adjacent to an activating group) is 1. The third kappa shape index (κ3) is 7.50. The zero-order chi connectivity index (χ0) is 21.1. The van der Waals surface area contributed by atoms with Gasteiger partial charge in [0.25, 0.3) is 11.8 Å². The Morgan fingerprint density at radius 3 is 2.18 bits per heavy atom. The summed E-state index contributed by atoms with van der Waals surface area (Å²) in [6, 6.07) is 0. The summed E-state index contributed by atoms with van der Waals surface area (Å²) in [4.78, 5) is 63.1. The lowest BCUT2D eigenvalue weighted by Gasteiger charge is -2.25. The van der Waals surface area contributed by atoms with Crippen molar-refractivity contribution in [3.05, 3.63) is 12.2 Å². The van der Waals surface area contributed by atoms with Gasteiger partial charge in [0, 0.05) is 71.2 Å². The predicted octanol–water partition coefficient (Wildman–Crippen LogP) is -0.0852. The predicted molar refractivity (Wildman–Crippen MR) is 103 cm³/mol. The first kappa shape index (κ1) is 23.3. The smallest absolute Gasteiger partial charge is 0.253 e. The zero-order valence-electron chi connectivity index (χ0n) is 16.9. The number of carbonyl (C=O) groups is 5. The molecule has 1 aliphatic heterocycles. The molecule has 1 heterocycles. The summed E-state index contributed by atoms with van der Waals surface area (Å²) in [5, 5.41) is 2.61. The van der Waals surface area contributed by atoms with Gasteiger partial charge < -0.3 is 15.1 Å². The standard InChI is InChI=1S/C19H30N4O5/c1-4-11-22(14-13-21(3)16(25)5-2)17(26)7-6-15(24)20-10-12-23-18(27)8-9-19(23)28/h8-9H,4-7,10-14H2,1-3H3,(H,20,24). The summed E-state index contributed by atoms with van der Waals surface area (Å²) in [7, 11) is 1.71. The summed E-state index contributed by atoms with van der Waals surface area (Å²) in [5.74, 6) is -1.21. The molecule has 0 atom stereocenters. The molecule has 5 amide bonds. The fourth-order valence-corrected chi connectivity index (χ4v) is 2.72. The number of rotatable bonds is 12. The van der Waals surface area contributed by atoms with E-state index in [1.54, 1.807) is 23.8 Å². The van der Waals surface area contributed by atoms with Gasteiger partial charge in [-0.3, -0.25) is 28.9 Å². The molecule has 0 bridgehead atoms. The molecule has 156 valence electrons. The van der Waals surface area contributed by atoms with Crippen LogP contribution in [0.5, 0.6) is 0 Å². The van der Waals surface area contributed by atoms with Crippen LogP contribution in [0.4, 0.5) is 0 Å². The van der Waals surface area contributed by atoms with Gasteiger partial charge in [-0.25, -0.2) is 0 Å². The maximum Gasteiger partial charge on any atom is 0.253 e. The molecule has 9 nitrogen and oxygen atoms in total. The fourth-order valence-electron chi connectivity index (χ4n) is 2.72. The van der Waals surface area contributed by atoms with Gasteiger partial charge in [0.15, 0.2) is 0 Å². The highest BCUT2D eigenvalue weighted by Crippen LogP contribution is 2.03. The molecule has 0 aromatic heterocycles. The molecule has 0 unspecified atom stereocenters. The van der Waals surface area contributed by atoms with E-state index in [0.29, 0.717) is 26.1 Å². The van der Waals surface area contributed by atoms with Crippen LogP contribution in [-0.2, 0) is 24.0 Å². The van der Waals surface area contributed by atoms with E-state index in [0.717, 1.165) is 11.3 Å². The quantitative estimate of drug-likeness (QED) is 0.466. The fraction of sp³-hybridized carbons (Fsp3) is 0.632. The van der Waals surface area contributed by atoms with E-state index >= 15 is 0 Å². The van der Waals surface area contributed by atoms with Gasteiger partial charge in [-0.05, 0) is 6.42 Å². The normalized spacial score (nSPS) is 13.0. The molecular weight excluding hydrogens is 364 g/mol. The Morgan fingerprint density at radius 1 is 0.964 bits per heavy atom. The second-order valence-electron chi connectivity index (χ2n) is 6.56. The van der Waals surface area contributed by atoms with Crippen molar-refractivity contribution < 1.29 is 24.0 Å². The molecule has 0 saturated heterocycles. The SMILES string of the molecule is CCCN(CCN(C)C(=O)CC)C(=O)CCC(=O)NCCN1C(=O)C=CC1=O. The molecule has 28 heavy (non-hydrogen) atoms.